The van der Waals surface area contributed by atoms with Crippen molar-refractivity contribution in [1.29, 1.82) is 0 Å². The first-order valence-corrected chi connectivity index (χ1v) is 11.8. The van der Waals surface area contributed by atoms with Gasteiger partial charge in [0.2, 0.25) is 22.9 Å². The lowest BCUT2D eigenvalue weighted by molar-refractivity contribution is -0.188. The van der Waals surface area contributed by atoms with Gasteiger partial charge in [0, 0.05) is 11.3 Å². The summed E-state index contributed by atoms with van der Waals surface area (Å²) in [5.41, 5.74) is -1.47. The number of hydrogen-bond acceptors (Lipinski definition) is 6. The highest BCUT2D eigenvalue weighted by Crippen LogP contribution is 2.71. The van der Waals surface area contributed by atoms with Crippen molar-refractivity contribution in [1.82, 2.24) is 0 Å². The largest absolute Gasteiger partial charge is 0.478 e. The van der Waals surface area contributed by atoms with Crippen molar-refractivity contribution < 1.29 is 33.4 Å². The van der Waals surface area contributed by atoms with Gasteiger partial charge in [-0.05, 0) is 75.0 Å². The number of ether oxygens (including phenoxy) is 2. The van der Waals surface area contributed by atoms with Crippen molar-refractivity contribution >= 4 is 17.7 Å². The molecule has 174 valence electrons. The van der Waals surface area contributed by atoms with Crippen LogP contribution in [0.3, 0.4) is 0 Å². The van der Waals surface area contributed by atoms with Gasteiger partial charge >= 0.3 is 11.9 Å². The molecule has 1 aromatic rings. The molecule has 0 spiro atoms. The number of carboxylic acid groups (broad SMARTS) is 1. The molecule has 6 rings (SSSR count). The molecule has 33 heavy (non-hydrogen) atoms. The van der Waals surface area contributed by atoms with Crippen LogP contribution in [0.4, 0.5) is 0 Å². The minimum atomic E-state index is -1.62. The summed E-state index contributed by atoms with van der Waals surface area (Å²) in [4.78, 5) is 38.0. The van der Waals surface area contributed by atoms with E-state index in [9.17, 15) is 19.5 Å². The van der Waals surface area contributed by atoms with Crippen molar-refractivity contribution in [3.8, 4) is 0 Å². The Morgan fingerprint density at radius 2 is 2.00 bits per heavy atom. The number of carbonyl (C=O) groups excluding carboxylic acids is 2. The molecule has 0 aromatic carbocycles. The van der Waals surface area contributed by atoms with Gasteiger partial charge in [0.25, 0.3) is 0 Å². The third-order valence-corrected chi connectivity index (χ3v) is 9.80. The number of ketones is 1. The van der Waals surface area contributed by atoms with E-state index in [1.54, 1.807) is 12.1 Å². The van der Waals surface area contributed by atoms with Gasteiger partial charge in [-0.2, -0.15) is 0 Å². The van der Waals surface area contributed by atoms with Crippen molar-refractivity contribution in [2.45, 2.75) is 58.5 Å². The Bertz CT molecular complexity index is 1140. The minimum Gasteiger partial charge on any atom is -0.478 e. The van der Waals surface area contributed by atoms with E-state index in [1.807, 2.05) is 13.8 Å². The molecule has 0 radical (unpaired) electrons. The van der Waals surface area contributed by atoms with Crippen LogP contribution in [0.15, 0.2) is 46.0 Å². The van der Waals surface area contributed by atoms with E-state index in [0.717, 1.165) is 30.6 Å². The number of fused-ring (bicyclic) bond motifs is 6. The zero-order chi connectivity index (χ0) is 23.3. The lowest BCUT2D eigenvalue weighted by Crippen LogP contribution is -2.60. The Labute approximate surface area is 191 Å². The van der Waals surface area contributed by atoms with Crippen molar-refractivity contribution in [2.24, 2.45) is 34.5 Å². The topological polar surface area (TPSA) is 106 Å². The summed E-state index contributed by atoms with van der Waals surface area (Å²) in [6.45, 7) is 6.08. The van der Waals surface area contributed by atoms with Crippen LogP contribution in [0.25, 0.3) is 0 Å². The highest BCUT2D eigenvalue weighted by Gasteiger charge is 2.73. The average molecular weight is 453 g/mol. The molecule has 2 heterocycles. The molecule has 7 nitrogen and oxygen atoms in total. The molecule has 3 fully saturated rings. The third kappa shape index (κ3) is 2.38. The number of allylic oxidation sites excluding steroid dienone is 2. The zero-order valence-corrected chi connectivity index (χ0v) is 19.1. The van der Waals surface area contributed by atoms with E-state index in [1.165, 1.54) is 12.3 Å². The first kappa shape index (κ1) is 20.8. The molecule has 7 atom stereocenters. The van der Waals surface area contributed by atoms with Gasteiger partial charge < -0.3 is 19.0 Å². The number of rotatable bonds is 3. The standard InChI is InChI=1S/C26H28O7/c1-13-11-17-15-7-6-14-12-18(27)20-21(32-20)25(14,3)16(15)8-9-24(17,2)26(13,23(29)30)33-22(28)19-5-4-10-31-19/h4-5,10,12-13,15-17H,6-9,11H2,1-3H3,(H,29,30)/t13-,15-,16+,17+,24+,25+,26+/m1/s1. The number of esters is 1. The van der Waals surface area contributed by atoms with Crippen LogP contribution in [0.5, 0.6) is 0 Å². The summed E-state index contributed by atoms with van der Waals surface area (Å²) >= 11 is 0. The monoisotopic (exact) mass is 452 g/mol. The Hall–Kier alpha value is -2.83. The van der Waals surface area contributed by atoms with Crippen LogP contribution in [-0.2, 0) is 19.1 Å². The molecule has 0 bridgehead atoms. The van der Waals surface area contributed by atoms with Crippen LogP contribution >= 0.6 is 0 Å². The van der Waals surface area contributed by atoms with Gasteiger partial charge in [-0.3, -0.25) is 4.79 Å². The molecular weight excluding hydrogens is 424 g/mol. The smallest absolute Gasteiger partial charge is 0.375 e. The fraction of sp³-hybridized carbons (Fsp3) is 0.577. The fourth-order valence-corrected chi connectivity index (χ4v) is 8.20. The molecule has 1 N–H and O–H groups in total. The van der Waals surface area contributed by atoms with E-state index >= 15 is 0 Å². The number of aliphatic carboxylic acids is 1. The summed E-state index contributed by atoms with van der Waals surface area (Å²) in [6, 6.07) is 3.08. The highest BCUT2D eigenvalue weighted by atomic mass is 16.6. The van der Waals surface area contributed by atoms with E-state index in [4.69, 9.17) is 13.9 Å². The summed E-state index contributed by atoms with van der Waals surface area (Å²) in [5.74, 6) is -0.215. The minimum absolute atomic E-state index is 0.0146. The summed E-state index contributed by atoms with van der Waals surface area (Å²) in [5, 5.41) is 10.5. The molecule has 0 unspecified atom stereocenters. The molecule has 0 saturated heterocycles. The average Bonchev–Trinajstić information content (AvgIpc) is 3.34. The van der Waals surface area contributed by atoms with Crippen LogP contribution in [0.2, 0.25) is 0 Å². The molecule has 3 saturated carbocycles. The van der Waals surface area contributed by atoms with Crippen molar-refractivity contribution in [3.05, 3.63) is 47.3 Å². The normalized spacial score (nSPS) is 42.9. The molecule has 0 amide bonds. The molecular formula is C26H28O7. The summed E-state index contributed by atoms with van der Waals surface area (Å²) in [7, 11) is 0. The molecule has 1 aromatic heterocycles. The number of carbonyl (C=O) groups is 3. The van der Waals surface area contributed by atoms with Gasteiger partial charge in [0.1, 0.15) is 0 Å². The highest BCUT2D eigenvalue weighted by molar-refractivity contribution is 6.07. The third-order valence-electron chi connectivity index (χ3n) is 9.80. The maximum Gasteiger partial charge on any atom is 0.375 e. The second-order valence-electron chi connectivity index (χ2n) is 10.9. The molecule has 7 heteroatoms. The first-order valence-electron chi connectivity index (χ1n) is 11.8. The maximum atomic E-state index is 12.9. The number of carboxylic acids is 1. The first-order chi connectivity index (χ1) is 15.6. The Balaban J connectivity index is 1.38. The van der Waals surface area contributed by atoms with Crippen LogP contribution in [-0.4, -0.2) is 28.4 Å². The molecule has 1 aliphatic heterocycles. The summed E-state index contributed by atoms with van der Waals surface area (Å²) in [6.07, 6.45) is 6.94. The Morgan fingerprint density at radius 3 is 2.70 bits per heavy atom. The quantitative estimate of drug-likeness (QED) is 0.673. The number of hydrogen-bond donors (Lipinski definition) is 1. The summed E-state index contributed by atoms with van der Waals surface area (Å²) < 4.78 is 16.8. The predicted octanol–water partition coefficient (Wildman–Crippen LogP) is 4.50. The Kier molecular flexibility index (Phi) is 4.02. The van der Waals surface area contributed by atoms with Gasteiger partial charge in [0.15, 0.2) is 5.76 Å². The lowest BCUT2D eigenvalue weighted by Gasteiger charge is -2.57. The van der Waals surface area contributed by atoms with Crippen LogP contribution in [0.1, 0.15) is 63.4 Å². The number of furan rings is 1. The van der Waals surface area contributed by atoms with Gasteiger partial charge in [-0.25, -0.2) is 9.59 Å². The Morgan fingerprint density at radius 1 is 1.21 bits per heavy atom. The van der Waals surface area contributed by atoms with Crippen LogP contribution in [0, 0.1) is 34.5 Å². The predicted molar refractivity (Wildman–Crippen MR) is 115 cm³/mol. The fourth-order valence-electron chi connectivity index (χ4n) is 8.20. The maximum absolute atomic E-state index is 12.9. The van der Waals surface area contributed by atoms with Crippen molar-refractivity contribution in [3.63, 3.8) is 0 Å². The molecule has 4 aliphatic carbocycles. The van der Waals surface area contributed by atoms with Gasteiger partial charge in [-0.1, -0.05) is 19.4 Å². The SMILES string of the molecule is C[C@@H]1C[C@H]2[C@@H]3CCC4=CC(=O)C5=C(O5)[C@]4(C)[C@H]3CC[C@]2(C)[C@@]1(OC(=O)c1ccco1)C(=O)O. The second-order valence-corrected chi connectivity index (χ2v) is 10.9. The zero-order valence-electron chi connectivity index (χ0n) is 19.1. The van der Waals surface area contributed by atoms with E-state index in [0.29, 0.717) is 18.6 Å². The lowest BCUT2D eigenvalue weighted by atomic mass is 9.47. The second kappa shape index (κ2) is 6.39. The van der Waals surface area contributed by atoms with Gasteiger partial charge in [-0.15, -0.1) is 0 Å². The van der Waals surface area contributed by atoms with E-state index < -0.39 is 23.0 Å². The molecule has 5 aliphatic rings. The van der Waals surface area contributed by atoms with Crippen molar-refractivity contribution in [2.75, 3.05) is 0 Å². The van der Waals surface area contributed by atoms with Crippen LogP contribution < -0.4 is 0 Å². The van der Waals surface area contributed by atoms with E-state index in [-0.39, 0.29) is 40.6 Å². The van der Waals surface area contributed by atoms with E-state index in [2.05, 4.69) is 6.92 Å². The van der Waals surface area contributed by atoms with Gasteiger partial charge in [0.05, 0.1) is 11.7 Å².